The lowest BCUT2D eigenvalue weighted by Gasteiger charge is -2.12. The van der Waals surface area contributed by atoms with E-state index < -0.39 is 0 Å². The largest absolute Gasteiger partial charge is 0.491 e. The van der Waals surface area contributed by atoms with Gasteiger partial charge in [-0.15, -0.1) is 0 Å². The number of hydrogen-bond acceptors (Lipinski definition) is 4. The molecule has 0 radical (unpaired) electrons. The maximum atomic E-state index is 12.5. The molecule has 0 saturated carbocycles. The van der Waals surface area contributed by atoms with Crippen LogP contribution in [0.4, 0.5) is 11.4 Å². The molecule has 3 rings (SSSR count). The average molecular weight is 382 g/mol. The fourth-order valence-electron chi connectivity index (χ4n) is 2.83. The van der Waals surface area contributed by atoms with Crippen LogP contribution in [-0.4, -0.2) is 31.1 Å². The van der Waals surface area contributed by atoms with Gasteiger partial charge in [0, 0.05) is 29.5 Å². The zero-order valence-electron chi connectivity index (χ0n) is 16.2. The van der Waals surface area contributed by atoms with Crippen molar-refractivity contribution in [2.75, 3.05) is 23.8 Å². The highest BCUT2D eigenvalue weighted by Gasteiger charge is 2.16. The quantitative estimate of drug-likeness (QED) is 0.756. The lowest BCUT2D eigenvalue weighted by Crippen LogP contribution is -2.18. The van der Waals surface area contributed by atoms with Crippen LogP contribution in [0.15, 0.2) is 48.5 Å². The van der Waals surface area contributed by atoms with Gasteiger partial charge in [0.05, 0.1) is 6.10 Å². The van der Waals surface area contributed by atoms with Gasteiger partial charge in [0.15, 0.2) is 0 Å². The third-order valence-electron chi connectivity index (χ3n) is 4.49. The van der Waals surface area contributed by atoms with Crippen LogP contribution in [0.5, 0.6) is 5.75 Å². The molecule has 0 bridgehead atoms. The van der Waals surface area contributed by atoms with Crippen LogP contribution in [0.3, 0.4) is 0 Å². The Morgan fingerprint density at radius 2 is 1.82 bits per heavy atom. The molecule has 2 aromatic rings. The lowest BCUT2D eigenvalue weighted by atomic mass is 10.2. The molecule has 1 heterocycles. The van der Waals surface area contributed by atoms with Crippen LogP contribution < -0.4 is 15.4 Å². The number of carbonyl (C=O) groups is 2. The van der Waals surface area contributed by atoms with Crippen LogP contribution in [0.2, 0.25) is 0 Å². The average Bonchev–Trinajstić information content (AvgIpc) is 3.20. The Morgan fingerprint density at radius 3 is 2.46 bits per heavy atom. The third-order valence-corrected chi connectivity index (χ3v) is 4.49. The van der Waals surface area contributed by atoms with E-state index in [1.165, 1.54) is 0 Å². The third kappa shape index (κ3) is 5.57. The summed E-state index contributed by atoms with van der Waals surface area (Å²) in [6, 6.07) is 14.1. The molecule has 6 nitrogen and oxygen atoms in total. The lowest BCUT2D eigenvalue weighted by molar-refractivity contribution is -0.118. The maximum Gasteiger partial charge on any atom is 0.255 e. The van der Waals surface area contributed by atoms with E-state index >= 15 is 0 Å². The summed E-state index contributed by atoms with van der Waals surface area (Å²) in [7, 11) is 0. The van der Waals surface area contributed by atoms with E-state index in [-0.39, 0.29) is 23.8 Å². The number of ether oxygens (including phenoxy) is 2. The van der Waals surface area contributed by atoms with Gasteiger partial charge >= 0.3 is 0 Å². The highest BCUT2D eigenvalue weighted by Crippen LogP contribution is 2.19. The first-order valence-corrected chi connectivity index (χ1v) is 9.58. The van der Waals surface area contributed by atoms with Crippen LogP contribution in [0.25, 0.3) is 0 Å². The Morgan fingerprint density at radius 1 is 1.11 bits per heavy atom. The van der Waals surface area contributed by atoms with Crippen LogP contribution in [0, 0.1) is 5.92 Å². The Hall–Kier alpha value is -2.86. The topological polar surface area (TPSA) is 76.7 Å². The highest BCUT2D eigenvalue weighted by atomic mass is 16.5. The first-order chi connectivity index (χ1) is 13.5. The molecule has 1 aliphatic rings. The van der Waals surface area contributed by atoms with Crippen molar-refractivity contribution in [2.45, 2.75) is 32.8 Å². The summed E-state index contributed by atoms with van der Waals surface area (Å²) in [6.45, 7) is 4.99. The van der Waals surface area contributed by atoms with Crippen molar-refractivity contribution in [3.05, 3.63) is 54.1 Å². The summed E-state index contributed by atoms with van der Waals surface area (Å²) in [6.07, 6.45) is 2.26. The van der Waals surface area contributed by atoms with E-state index in [1.807, 2.05) is 13.8 Å². The van der Waals surface area contributed by atoms with Gasteiger partial charge in [-0.05, 0) is 55.3 Å². The van der Waals surface area contributed by atoms with Gasteiger partial charge in [0.25, 0.3) is 5.91 Å². The predicted octanol–water partition coefficient (Wildman–Crippen LogP) is 4.09. The number of rotatable bonds is 7. The molecule has 1 saturated heterocycles. The molecule has 0 aliphatic carbocycles. The molecular formula is C22H26N2O4. The SMILES string of the molecule is CC(C)C(=O)Nc1cccc(NC(=O)c2ccc(OCC3CCCO3)cc2)c1. The van der Waals surface area contributed by atoms with E-state index in [1.54, 1.807) is 48.5 Å². The highest BCUT2D eigenvalue weighted by molar-refractivity contribution is 6.04. The second-order valence-corrected chi connectivity index (χ2v) is 7.15. The fourth-order valence-corrected chi connectivity index (χ4v) is 2.83. The van der Waals surface area contributed by atoms with E-state index in [0.717, 1.165) is 19.4 Å². The number of benzene rings is 2. The molecule has 1 fully saturated rings. The Bertz CT molecular complexity index is 812. The molecule has 1 atom stereocenters. The Labute approximate surface area is 165 Å². The second-order valence-electron chi connectivity index (χ2n) is 7.15. The molecular weight excluding hydrogens is 356 g/mol. The summed E-state index contributed by atoms with van der Waals surface area (Å²) in [4.78, 5) is 24.3. The van der Waals surface area contributed by atoms with Crippen molar-refractivity contribution >= 4 is 23.2 Å². The zero-order valence-corrected chi connectivity index (χ0v) is 16.2. The minimum absolute atomic E-state index is 0.0675. The van der Waals surface area contributed by atoms with E-state index in [2.05, 4.69) is 10.6 Å². The van der Waals surface area contributed by atoms with Crippen molar-refractivity contribution < 1.29 is 19.1 Å². The molecule has 6 heteroatoms. The van der Waals surface area contributed by atoms with Gasteiger partial charge in [-0.1, -0.05) is 19.9 Å². The van der Waals surface area contributed by atoms with Crippen molar-refractivity contribution in [2.24, 2.45) is 5.92 Å². The van der Waals surface area contributed by atoms with Crippen molar-refractivity contribution in [3.63, 3.8) is 0 Å². The molecule has 0 spiro atoms. The van der Waals surface area contributed by atoms with Crippen molar-refractivity contribution in [3.8, 4) is 5.75 Å². The number of nitrogens with one attached hydrogen (secondary N) is 2. The number of anilines is 2. The first-order valence-electron chi connectivity index (χ1n) is 9.58. The van der Waals surface area contributed by atoms with Gasteiger partial charge in [-0.3, -0.25) is 9.59 Å². The molecule has 28 heavy (non-hydrogen) atoms. The molecule has 0 aromatic heterocycles. The van der Waals surface area contributed by atoms with Gasteiger partial charge < -0.3 is 20.1 Å². The normalized spacial score (nSPS) is 16.0. The van der Waals surface area contributed by atoms with E-state index in [0.29, 0.717) is 29.3 Å². The molecule has 2 amide bonds. The zero-order chi connectivity index (χ0) is 19.9. The summed E-state index contributed by atoms with van der Waals surface area (Å²) < 4.78 is 11.3. The summed E-state index contributed by atoms with van der Waals surface area (Å²) in [5, 5.41) is 5.67. The first kappa shape index (κ1) is 19.9. The molecule has 1 aliphatic heterocycles. The Kier molecular flexibility index (Phi) is 6.66. The number of hydrogen-bond donors (Lipinski definition) is 2. The fraction of sp³-hybridized carbons (Fsp3) is 0.364. The van der Waals surface area contributed by atoms with Gasteiger partial charge in [-0.25, -0.2) is 0 Å². The predicted molar refractivity (Wildman–Crippen MR) is 109 cm³/mol. The monoisotopic (exact) mass is 382 g/mol. The summed E-state index contributed by atoms with van der Waals surface area (Å²) >= 11 is 0. The summed E-state index contributed by atoms with van der Waals surface area (Å²) in [5.41, 5.74) is 1.79. The van der Waals surface area contributed by atoms with E-state index in [9.17, 15) is 9.59 Å². The second kappa shape index (κ2) is 9.37. The Balaban J connectivity index is 1.56. The van der Waals surface area contributed by atoms with Gasteiger partial charge in [-0.2, -0.15) is 0 Å². The molecule has 2 N–H and O–H groups in total. The number of amides is 2. The van der Waals surface area contributed by atoms with Gasteiger partial charge in [0.1, 0.15) is 12.4 Å². The van der Waals surface area contributed by atoms with Gasteiger partial charge in [0.2, 0.25) is 5.91 Å². The minimum atomic E-state index is -0.224. The van der Waals surface area contributed by atoms with Crippen molar-refractivity contribution in [1.29, 1.82) is 0 Å². The maximum absolute atomic E-state index is 12.5. The molecule has 148 valence electrons. The molecule has 1 unspecified atom stereocenters. The van der Waals surface area contributed by atoms with Crippen LogP contribution >= 0.6 is 0 Å². The van der Waals surface area contributed by atoms with Crippen LogP contribution in [-0.2, 0) is 9.53 Å². The van der Waals surface area contributed by atoms with E-state index in [4.69, 9.17) is 9.47 Å². The summed E-state index contributed by atoms with van der Waals surface area (Å²) in [5.74, 6) is 0.310. The standard InChI is InChI=1S/C22H26N2O4/c1-15(2)21(25)23-17-5-3-6-18(13-17)24-22(26)16-8-10-19(11-9-16)28-14-20-7-4-12-27-20/h3,5-6,8-11,13,15,20H,4,7,12,14H2,1-2H3,(H,23,25)(H,24,26). The van der Waals surface area contributed by atoms with Crippen LogP contribution in [0.1, 0.15) is 37.0 Å². The van der Waals surface area contributed by atoms with Crippen molar-refractivity contribution in [1.82, 2.24) is 0 Å². The smallest absolute Gasteiger partial charge is 0.255 e. The molecule has 2 aromatic carbocycles. The minimum Gasteiger partial charge on any atom is -0.491 e. The number of carbonyl (C=O) groups excluding carboxylic acids is 2.